The average Bonchev–Trinajstić information content (AvgIpc) is 3.72. The number of nitrogens with zero attached hydrogens (tertiary/aromatic N) is 4. The molecule has 0 bridgehead atoms. The lowest BCUT2D eigenvalue weighted by Crippen LogP contribution is -2.05. The van der Waals surface area contributed by atoms with Crippen LogP contribution < -0.4 is 0 Å². The van der Waals surface area contributed by atoms with Crippen LogP contribution in [0.25, 0.3) is 88.4 Å². The van der Waals surface area contributed by atoms with Gasteiger partial charge in [-0.25, -0.2) is 0 Å². The fraction of sp³-hybridized carbons (Fsp3) is 0.0769. The molecule has 7 aromatic carbocycles. The first-order chi connectivity index (χ1) is 27.4. The first-order valence-electron chi connectivity index (χ1n) is 19.1. The van der Waals surface area contributed by atoms with Gasteiger partial charge in [-0.15, -0.1) is 0 Å². The van der Waals surface area contributed by atoms with E-state index in [2.05, 4.69) is 170 Å². The van der Waals surface area contributed by atoms with Gasteiger partial charge >= 0.3 is 0 Å². The molecule has 0 unspecified atom stereocenters. The van der Waals surface area contributed by atoms with Crippen molar-refractivity contribution in [2.75, 3.05) is 0 Å². The summed E-state index contributed by atoms with van der Waals surface area (Å²) in [6.45, 7) is 8.62. The quantitative estimate of drug-likeness (QED) is 0.178. The Morgan fingerprint density at radius 1 is 0.429 bits per heavy atom. The van der Waals surface area contributed by atoms with Gasteiger partial charge in [-0.3, -0.25) is 4.98 Å². The lowest BCUT2D eigenvalue weighted by molar-refractivity contribution is 1.09. The van der Waals surface area contributed by atoms with Gasteiger partial charge in [0.25, 0.3) is 0 Å². The van der Waals surface area contributed by atoms with E-state index in [-0.39, 0.29) is 0 Å². The highest BCUT2D eigenvalue weighted by atomic mass is 15.0. The van der Waals surface area contributed by atoms with E-state index < -0.39 is 0 Å². The summed E-state index contributed by atoms with van der Waals surface area (Å²) >= 11 is 0. The van der Waals surface area contributed by atoms with Crippen LogP contribution in [0.1, 0.15) is 27.8 Å². The molecule has 0 aliphatic rings. The number of fused-ring (bicyclic) bond motifs is 6. The Morgan fingerprint density at radius 2 is 0.857 bits per heavy atom. The molecule has 0 saturated carbocycles. The van der Waals surface area contributed by atoms with Gasteiger partial charge in [-0.2, -0.15) is 5.26 Å². The van der Waals surface area contributed by atoms with Crippen molar-refractivity contribution in [1.82, 2.24) is 14.1 Å². The number of rotatable bonds is 5. The maximum absolute atomic E-state index is 10.6. The Morgan fingerprint density at radius 3 is 1.34 bits per heavy atom. The monoisotopic (exact) mass is 718 g/mol. The van der Waals surface area contributed by atoms with Crippen LogP contribution in [0.3, 0.4) is 0 Å². The molecule has 56 heavy (non-hydrogen) atoms. The number of pyridine rings is 1. The zero-order valence-electron chi connectivity index (χ0n) is 31.8. The molecular formula is C52H38N4. The lowest BCUT2D eigenvalue weighted by Gasteiger charge is -2.20. The molecule has 0 atom stereocenters. The Labute approximate surface area is 326 Å². The maximum Gasteiger partial charge on any atom is 0.0998 e. The van der Waals surface area contributed by atoms with Crippen molar-refractivity contribution >= 4 is 43.6 Å². The number of benzene rings is 7. The third-order valence-electron chi connectivity index (χ3n) is 11.2. The molecule has 0 aliphatic carbocycles. The van der Waals surface area contributed by atoms with E-state index in [1.807, 2.05) is 30.6 Å². The third-order valence-corrected chi connectivity index (χ3v) is 11.2. The minimum absolute atomic E-state index is 0.608. The van der Waals surface area contributed by atoms with Crippen LogP contribution in [-0.2, 0) is 0 Å². The Hall–Kier alpha value is -7.22. The predicted molar refractivity (Wildman–Crippen MR) is 233 cm³/mol. The van der Waals surface area contributed by atoms with E-state index in [0.717, 1.165) is 66.1 Å². The number of nitriles is 1. The van der Waals surface area contributed by atoms with Crippen molar-refractivity contribution < 1.29 is 0 Å². The van der Waals surface area contributed by atoms with E-state index >= 15 is 0 Å². The Bertz CT molecular complexity index is 3030. The van der Waals surface area contributed by atoms with Crippen molar-refractivity contribution in [2.45, 2.75) is 27.7 Å². The molecule has 0 N–H and O–H groups in total. The van der Waals surface area contributed by atoms with Gasteiger partial charge in [-0.1, -0.05) is 125 Å². The molecule has 4 nitrogen and oxygen atoms in total. The molecule has 0 aliphatic heterocycles. The fourth-order valence-corrected chi connectivity index (χ4v) is 8.96. The van der Waals surface area contributed by atoms with Crippen molar-refractivity contribution in [1.29, 1.82) is 5.26 Å². The molecule has 10 rings (SSSR count). The smallest absolute Gasteiger partial charge is 0.0998 e. The predicted octanol–water partition coefficient (Wildman–Crippen LogP) is 13.4. The van der Waals surface area contributed by atoms with Crippen LogP contribution in [0.2, 0.25) is 0 Å². The maximum atomic E-state index is 10.6. The summed E-state index contributed by atoms with van der Waals surface area (Å²) in [5.74, 6) is 0. The van der Waals surface area contributed by atoms with E-state index in [1.165, 1.54) is 44.5 Å². The molecule has 0 spiro atoms. The van der Waals surface area contributed by atoms with E-state index in [0.29, 0.717) is 5.56 Å². The van der Waals surface area contributed by atoms with Crippen LogP contribution in [0.4, 0.5) is 0 Å². The van der Waals surface area contributed by atoms with Gasteiger partial charge in [0.2, 0.25) is 0 Å². The highest BCUT2D eigenvalue weighted by Gasteiger charge is 2.24. The first-order valence-corrected chi connectivity index (χ1v) is 19.1. The summed E-state index contributed by atoms with van der Waals surface area (Å²) in [5, 5.41) is 15.2. The van der Waals surface area contributed by atoms with Gasteiger partial charge in [0.15, 0.2) is 0 Å². The van der Waals surface area contributed by atoms with Gasteiger partial charge in [0.05, 0.1) is 57.5 Å². The van der Waals surface area contributed by atoms with Crippen LogP contribution in [0.15, 0.2) is 158 Å². The van der Waals surface area contributed by atoms with Crippen LogP contribution in [-0.4, -0.2) is 14.1 Å². The average molecular weight is 719 g/mol. The summed E-state index contributed by atoms with van der Waals surface area (Å²) < 4.78 is 4.67. The van der Waals surface area contributed by atoms with Gasteiger partial charge in [-0.05, 0) is 92.4 Å². The number of hydrogen-bond donors (Lipinski definition) is 0. The molecule has 3 heterocycles. The number of aromatic nitrogens is 3. The normalized spacial score (nSPS) is 11.6. The molecule has 10 aromatic rings. The van der Waals surface area contributed by atoms with Crippen LogP contribution in [0, 0.1) is 39.0 Å². The summed E-state index contributed by atoms with van der Waals surface area (Å²) in [6, 6.07) is 54.7. The molecule has 0 saturated heterocycles. The first kappa shape index (κ1) is 33.4. The minimum atomic E-state index is 0.608. The Kier molecular flexibility index (Phi) is 7.73. The number of para-hydroxylation sites is 2. The molecule has 4 heteroatoms. The van der Waals surface area contributed by atoms with Gasteiger partial charge in [0, 0.05) is 32.7 Å². The van der Waals surface area contributed by atoms with E-state index in [9.17, 15) is 5.26 Å². The van der Waals surface area contributed by atoms with Crippen molar-refractivity contribution in [3.8, 4) is 50.8 Å². The van der Waals surface area contributed by atoms with E-state index in [1.54, 1.807) is 0 Å². The van der Waals surface area contributed by atoms with Gasteiger partial charge < -0.3 is 9.13 Å². The van der Waals surface area contributed by atoms with E-state index in [4.69, 9.17) is 4.98 Å². The van der Waals surface area contributed by atoms with Crippen molar-refractivity contribution in [2.24, 2.45) is 0 Å². The van der Waals surface area contributed by atoms with Crippen molar-refractivity contribution in [3.05, 3.63) is 186 Å². The fourth-order valence-electron chi connectivity index (χ4n) is 8.96. The zero-order chi connectivity index (χ0) is 38.1. The standard InChI is InChI=1S/C52H38N4/c1-32-21-33(2)24-39(23-32)36-17-19-48-44(27-36)42-13-7-9-15-46(42)55(48)50-30-54-31-51(52(50)41-12-6-5-11-38(41)29-53)56-47-16-10-8-14-43(47)45-28-37(18-20-49(45)56)40-25-34(3)22-35(4)26-40/h5-28,30-31H,1-4H3. The van der Waals surface area contributed by atoms with Crippen LogP contribution >= 0.6 is 0 Å². The lowest BCUT2D eigenvalue weighted by atomic mass is 9.97. The molecule has 3 aromatic heterocycles. The number of hydrogen-bond acceptors (Lipinski definition) is 2. The second kappa shape index (κ2) is 13.0. The molecule has 0 amide bonds. The molecular weight excluding hydrogens is 681 g/mol. The van der Waals surface area contributed by atoms with Gasteiger partial charge in [0.1, 0.15) is 0 Å². The van der Waals surface area contributed by atoms with Crippen LogP contribution in [0.5, 0.6) is 0 Å². The second-order valence-corrected chi connectivity index (χ2v) is 15.1. The summed E-state index contributed by atoms with van der Waals surface area (Å²) in [7, 11) is 0. The molecule has 0 fully saturated rings. The third kappa shape index (κ3) is 5.32. The molecule has 0 radical (unpaired) electrons. The Balaban J connectivity index is 1.29. The minimum Gasteiger partial charge on any atom is -0.307 e. The SMILES string of the molecule is Cc1cc(C)cc(-c2ccc3c(c2)c2ccccc2n3-c2cncc(-n3c4ccccc4c4cc(-c5cc(C)cc(C)c5)ccc43)c2-c2ccccc2C#N)c1. The molecule has 266 valence electrons. The summed E-state index contributed by atoms with van der Waals surface area (Å²) in [4.78, 5) is 5.01. The largest absolute Gasteiger partial charge is 0.307 e. The zero-order valence-corrected chi connectivity index (χ0v) is 31.8. The van der Waals surface area contributed by atoms with Crippen molar-refractivity contribution in [3.63, 3.8) is 0 Å². The summed E-state index contributed by atoms with van der Waals surface area (Å²) in [6.07, 6.45) is 3.92. The summed E-state index contributed by atoms with van der Waals surface area (Å²) in [5.41, 5.74) is 18.3. The topological polar surface area (TPSA) is 46.5 Å². The highest BCUT2D eigenvalue weighted by molar-refractivity contribution is 6.13. The second-order valence-electron chi connectivity index (χ2n) is 15.1. The highest BCUT2D eigenvalue weighted by Crippen LogP contribution is 2.43. The number of aryl methyl sites for hydroxylation is 4.